The average Bonchev–Trinajstić information content (AvgIpc) is 3.54. The zero-order chi connectivity index (χ0) is 28.3. The molecule has 0 saturated carbocycles. The van der Waals surface area contributed by atoms with Crippen molar-refractivity contribution >= 4 is 43.3 Å². The number of aromatic nitrogens is 4. The number of guanidine groups is 1. The summed E-state index contributed by atoms with van der Waals surface area (Å²) in [5.41, 5.74) is 10.5. The van der Waals surface area contributed by atoms with Crippen LogP contribution in [0.2, 0.25) is 0 Å². The second kappa shape index (κ2) is 11.7. The first kappa shape index (κ1) is 28.5. The number of fused-ring (bicyclic) bond motifs is 1. The molecule has 39 heavy (non-hydrogen) atoms. The van der Waals surface area contributed by atoms with Crippen molar-refractivity contribution < 1.29 is 47.8 Å². The van der Waals surface area contributed by atoms with Gasteiger partial charge in [-0.3, -0.25) is 33.5 Å². The molecule has 2 saturated heterocycles. The van der Waals surface area contributed by atoms with Crippen LogP contribution in [0.15, 0.2) is 16.1 Å². The van der Waals surface area contributed by atoms with Crippen molar-refractivity contribution in [3.05, 3.63) is 16.7 Å². The number of phosphoric ester groups is 1. The van der Waals surface area contributed by atoms with E-state index in [1.165, 1.54) is 10.9 Å². The number of rotatable bonds is 9. The van der Waals surface area contributed by atoms with Gasteiger partial charge in [-0.05, 0) is 0 Å². The van der Waals surface area contributed by atoms with Crippen molar-refractivity contribution in [2.75, 3.05) is 18.9 Å². The molecule has 214 valence electrons. The highest BCUT2D eigenvalue weighted by Gasteiger charge is 2.43. The summed E-state index contributed by atoms with van der Waals surface area (Å²) < 4.78 is 35.2. The predicted molar refractivity (Wildman–Crippen MR) is 127 cm³/mol. The van der Waals surface area contributed by atoms with Crippen LogP contribution < -0.4 is 27.7 Å². The van der Waals surface area contributed by atoms with Crippen LogP contribution in [0.1, 0.15) is 19.1 Å². The number of urea groups is 1. The number of nitrogens with one attached hydrogen (secondary N) is 3. The van der Waals surface area contributed by atoms with Crippen LogP contribution in [-0.4, -0.2) is 96.9 Å². The molecule has 4 rings (SSSR count). The number of imidazole rings is 1. The summed E-state index contributed by atoms with van der Waals surface area (Å²) >= 11 is 0. The Kier molecular flexibility index (Phi) is 8.57. The van der Waals surface area contributed by atoms with E-state index in [1.54, 1.807) is 0 Å². The molecule has 21 heteroatoms. The number of anilines is 1. The molecule has 2 aromatic heterocycles. The number of hydrogen-bond acceptors (Lipinski definition) is 13. The summed E-state index contributed by atoms with van der Waals surface area (Å²) in [4.78, 5) is 57.8. The minimum Gasteiger partial charge on any atom is -0.394 e. The van der Waals surface area contributed by atoms with Gasteiger partial charge in [-0.2, -0.15) is 9.98 Å². The monoisotopic (exact) mass is 575 g/mol. The third kappa shape index (κ3) is 6.75. The van der Waals surface area contributed by atoms with Gasteiger partial charge >= 0.3 is 13.9 Å². The van der Waals surface area contributed by atoms with Gasteiger partial charge in [0.1, 0.15) is 30.8 Å². The number of nitrogens with two attached hydrogens (primary N) is 2. The first-order valence-corrected chi connectivity index (χ1v) is 12.8. The molecular formula is C18H26N9O11P. The number of amides is 3. The normalized spacial score (nSPS) is 28.8. The van der Waals surface area contributed by atoms with Crippen LogP contribution in [0.4, 0.5) is 10.7 Å². The first-order chi connectivity index (χ1) is 18.5. The maximum Gasteiger partial charge on any atom is 0.472 e. The van der Waals surface area contributed by atoms with Gasteiger partial charge in [0.15, 0.2) is 11.2 Å². The molecule has 2 aromatic rings. The summed E-state index contributed by atoms with van der Waals surface area (Å²) in [5.74, 6) is -0.619. The zero-order valence-electron chi connectivity index (χ0n) is 19.9. The smallest absolute Gasteiger partial charge is 0.394 e. The number of ether oxygens (including phenoxy) is 2. The number of nitrogens with zero attached hydrogens (tertiary/aromatic N) is 4. The molecule has 2 fully saturated rings. The zero-order valence-corrected chi connectivity index (χ0v) is 20.8. The van der Waals surface area contributed by atoms with E-state index >= 15 is 0 Å². The average molecular weight is 575 g/mol. The quantitative estimate of drug-likeness (QED) is 0.0629. The number of aliphatic imine (C=N–C) groups is 1. The molecule has 0 radical (unpaired) electrons. The largest absolute Gasteiger partial charge is 0.472 e. The Morgan fingerprint density at radius 1 is 1.38 bits per heavy atom. The molecule has 10 N–H and O–H groups in total. The summed E-state index contributed by atoms with van der Waals surface area (Å²) in [6.45, 7) is -1.18. The minimum atomic E-state index is -4.78. The van der Waals surface area contributed by atoms with E-state index in [0.29, 0.717) is 0 Å². The fraction of sp³-hybridized carbons (Fsp3) is 0.556. The highest BCUT2D eigenvalue weighted by Crippen LogP contribution is 2.48. The van der Waals surface area contributed by atoms with Crippen LogP contribution in [0, 0.1) is 0 Å². The molecule has 3 amide bonds. The second-order valence-electron chi connectivity index (χ2n) is 8.42. The lowest BCUT2D eigenvalue weighted by Gasteiger charge is -2.21. The lowest BCUT2D eigenvalue weighted by molar-refractivity contribution is -0.106. The van der Waals surface area contributed by atoms with Crippen molar-refractivity contribution in [3.63, 3.8) is 0 Å². The van der Waals surface area contributed by atoms with Gasteiger partial charge in [0.05, 0.1) is 25.6 Å². The van der Waals surface area contributed by atoms with E-state index in [9.17, 15) is 34.1 Å². The molecule has 0 aromatic carbocycles. The Morgan fingerprint density at radius 2 is 2.15 bits per heavy atom. The predicted octanol–water partition coefficient (Wildman–Crippen LogP) is -3.27. The van der Waals surface area contributed by atoms with Crippen LogP contribution in [0.25, 0.3) is 11.2 Å². The number of aliphatic hydroxyl groups is 2. The van der Waals surface area contributed by atoms with Gasteiger partial charge in [-0.1, -0.05) is 0 Å². The Labute approximate surface area is 217 Å². The van der Waals surface area contributed by atoms with E-state index in [2.05, 4.69) is 30.6 Å². The topological polar surface area (TPSA) is 301 Å². The second-order valence-corrected chi connectivity index (χ2v) is 9.82. The van der Waals surface area contributed by atoms with Crippen molar-refractivity contribution in [2.24, 2.45) is 10.7 Å². The van der Waals surface area contributed by atoms with Gasteiger partial charge in [-0.25, -0.2) is 14.3 Å². The third-order valence-electron chi connectivity index (χ3n) is 5.74. The number of carbonyl (C=O) groups is 2. The van der Waals surface area contributed by atoms with Gasteiger partial charge in [-0.15, -0.1) is 0 Å². The Balaban J connectivity index is 1.32. The van der Waals surface area contributed by atoms with E-state index in [4.69, 9.17) is 30.0 Å². The minimum absolute atomic E-state index is 0.00954. The molecule has 2 aliphatic rings. The molecule has 0 spiro atoms. The maximum atomic E-state index is 12.6. The van der Waals surface area contributed by atoms with E-state index in [-0.39, 0.29) is 36.4 Å². The fourth-order valence-electron chi connectivity index (χ4n) is 4.03. The number of H-pyrrole nitrogens is 1. The number of carbonyl (C=O) groups excluding carboxylic acids is 2. The fourth-order valence-corrected chi connectivity index (χ4v) is 4.99. The Morgan fingerprint density at radius 3 is 2.87 bits per heavy atom. The van der Waals surface area contributed by atoms with Crippen molar-refractivity contribution in [1.82, 2.24) is 30.2 Å². The molecule has 2 aliphatic heterocycles. The number of hydrogen-bond donors (Lipinski definition) is 8. The SMILES string of the molecule is NC(=NC=O)NC(=O)N[C@H]1C[C@@H](OP(=O)(O)OCC2O[C@@H](n3cnc4c(=O)[nH]c(N)nc43)C[C@H]2O)C(CO)O1. The van der Waals surface area contributed by atoms with Crippen LogP contribution in [0.3, 0.4) is 0 Å². The first-order valence-electron chi connectivity index (χ1n) is 11.3. The van der Waals surface area contributed by atoms with E-state index in [1.807, 2.05) is 0 Å². The standard InChI is InChI=1S/C18H26N9O11P/c19-16(22-6-29)26-18(32)23-11-2-8(9(3-28)36-11)38-39(33,34)35-4-10-7(30)1-12(37-10)27-5-21-13-14(27)24-17(20)25-15(13)31/h5-12,28,30H,1-4H2,(H,33,34)(H3,20,24,25,31)(H4,19,22,23,26,29,32)/t7-,8-,9?,10?,11-,12-/m1/s1. The summed E-state index contributed by atoms with van der Waals surface area (Å²) in [7, 11) is -4.78. The summed E-state index contributed by atoms with van der Waals surface area (Å²) in [6, 6.07) is -0.890. The Bertz CT molecular complexity index is 1350. The molecule has 20 nitrogen and oxygen atoms in total. The van der Waals surface area contributed by atoms with Crippen molar-refractivity contribution in [1.29, 1.82) is 0 Å². The molecular weight excluding hydrogens is 549 g/mol. The van der Waals surface area contributed by atoms with Gasteiger partial charge in [0.25, 0.3) is 5.56 Å². The lowest BCUT2D eigenvalue weighted by atomic mass is 10.2. The molecule has 7 atom stereocenters. The Hall–Kier alpha value is -3.49. The maximum absolute atomic E-state index is 12.6. The van der Waals surface area contributed by atoms with E-state index in [0.717, 1.165) is 0 Å². The molecule has 0 bridgehead atoms. The van der Waals surface area contributed by atoms with Crippen LogP contribution >= 0.6 is 7.82 Å². The lowest BCUT2D eigenvalue weighted by Crippen LogP contribution is -2.47. The van der Waals surface area contributed by atoms with Crippen molar-refractivity contribution in [2.45, 2.75) is 49.7 Å². The van der Waals surface area contributed by atoms with Gasteiger partial charge in [0.2, 0.25) is 18.3 Å². The number of aliphatic hydroxyl groups excluding tert-OH is 2. The molecule has 3 unspecified atom stereocenters. The van der Waals surface area contributed by atoms with Crippen LogP contribution in [-0.2, 0) is 27.9 Å². The van der Waals surface area contributed by atoms with Crippen LogP contribution in [0.5, 0.6) is 0 Å². The number of aromatic amines is 1. The highest BCUT2D eigenvalue weighted by molar-refractivity contribution is 7.47. The highest BCUT2D eigenvalue weighted by atomic mass is 31.2. The molecule has 4 heterocycles. The number of phosphoric acid groups is 1. The number of nitrogen functional groups attached to an aromatic ring is 1. The van der Waals surface area contributed by atoms with Crippen molar-refractivity contribution in [3.8, 4) is 0 Å². The van der Waals surface area contributed by atoms with Gasteiger partial charge < -0.3 is 41.4 Å². The molecule has 0 aliphatic carbocycles. The summed E-state index contributed by atoms with van der Waals surface area (Å²) in [6.07, 6.45) is -5.10. The van der Waals surface area contributed by atoms with E-state index < -0.39 is 75.5 Å². The third-order valence-corrected chi connectivity index (χ3v) is 6.75. The van der Waals surface area contributed by atoms with Gasteiger partial charge in [0, 0.05) is 12.8 Å². The summed E-state index contributed by atoms with van der Waals surface area (Å²) in [5, 5.41) is 24.3.